The zero-order valence-electron chi connectivity index (χ0n) is 15.7. The lowest BCUT2D eigenvalue weighted by Crippen LogP contribution is -3.13. The van der Waals surface area contributed by atoms with Gasteiger partial charge in [0.15, 0.2) is 0 Å². The van der Waals surface area contributed by atoms with Crippen molar-refractivity contribution in [3.8, 4) is 5.75 Å². The predicted molar refractivity (Wildman–Crippen MR) is 103 cm³/mol. The van der Waals surface area contributed by atoms with Gasteiger partial charge in [0.25, 0.3) is 0 Å². The molecule has 0 aromatic heterocycles. The van der Waals surface area contributed by atoms with Crippen LogP contribution in [0.4, 0.5) is 0 Å². The maximum Gasteiger partial charge on any atom is 0.137 e. The summed E-state index contributed by atoms with van der Waals surface area (Å²) in [6, 6.07) is 19.3. The number of hydrogen-bond acceptors (Lipinski definition) is 2. The molecule has 2 aromatic carbocycles. The standard InChI is InChI=1S/C22H30N2O2/c1-18-7-9-22(10-8-18)26-17-21(25)15-23-20-11-13-24(14-12-20)16-19-5-3-2-4-6-19/h2-10,20-21,23,25H,11-17H2,1H3/p+2/t21-/m0/s1. The maximum atomic E-state index is 10.2. The van der Waals surface area contributed by atoms with E-state index in [4.69, 9.17) is 4.74 Å². The highest BCUT2D eigenvalue weighted by Crippen LogP contribution is 2.11. The number of aryl methyl sites for hydroxylation is 1. The van der Waals surface area contributed by atoms with Crippen LogP contribution in [-0.4, -0.2) is 43.5 Å². The van der Waals surface area contributed by atoms with Crippen molar-refractivity contribution in [2.75, 3.05) is 26.2 Å². The third-order valence-corrected chi connectivity index (χ3v) is 5.24. The molecule has 4 heteroatoms. The number of piperidine rings is 1. The minimum absolute atomic E-state index is 0.359. The largest absolute Gasteiger partial charge is 0.491 e. The van der Waals surface area contributed by atoms with E-state index in [-0.39, 0.29) is 0 Å². The molecule has 2 aromatic rings. The lowest BCUT2D eigenvalue weighted by molar-refractivity contribution is -0.926. The Hall–Kier alpha value is -1.88. The molecule has 4 nitrogen and oxygen atoms in total. The van der Waals surface area contributed by atoms with E-state index in [0.717, 1.165) is 12.3 Å². The SMILES string of the molecule is Cc1ccc(OC[C@@H](O)C[NH2+]C2CC[NH+](Cc3ccccc3)CC2)cc1. The Morgan fingerprint density at radius 1 is 1.08 bits per heavy atom. The molecule has 0 radical (unpaired) electrons. The zero-order valence-corrected chi connectivity index (χ0v) is 15.7. The molecule has 0 aliphatic carbocycles. The number of quaternary nitrogens is 2. The Morgan fingerprint density at radius 2 is 1.77 bits per heavy atom. The summed E-state index contributed by atoms with van der Waals surface area (Å²) in [6.07, 6.45) is 2.01. The number of hydrogen-bond donors (Lipinski definition) is 3. The van der Waals surface area contributed by atoms with Crippen molar-refractivity contribution in [2.45, 2.75) is 38.5 Å². The topological polar surface area (TPSA) is 50.5 Å². The van der Waals surface area contributed by atoms with Crippen LogP contribution < -0.4 is 15.0 Å². The molecule has 0 unspecified atom stereocenters. The number of nitrogens with one attached hydrogen (secondary N) is 1. The monoisotopic (exact) mass is 356 g/mol. The molecule has 0 bridgehead atoms. The van der Waals surface area contributed by atoms with Gasteiger partial charge in [-0.15, -0.1) is 0 Å². The first kappa shape index (κ1) is 18.9. The van der Waals surface area contributed by atoms with E-state index in [2.05, 4.69) is 42.6 Å². The molecule has 0 saturated carbocycles. The van der Waals surface area contributed by atoms with Crippen LogP contribution in [0.1, 0.15) is 24.0 Å². The van der Waals surface area contributed by atoms with E-state index >= 15 is 0 Å². The summed E-state index contributed by atoms with van der Waals surface area (Å²) in [5, 5.41) is 12.5. The molecule has 1 heterocycles. The van der Waals surface area contributed by atoms with Crippen LogP contribution in [0, 0.1) is 6.92 Å². The minimum atomic E-state index is -0.425. The highest BCUT2D eigenvalue weighted by molar-refractivity contribution is 5.26. The van der Waals surface area contributed by atoms with E-state index in [1.165, 1.54) is 37.1 Å². The number of benzene rings is 2. The first-order chi connectivity index (χ1) is 12.7. The van der Waals surface area contributed by atoms with Crippen LogP contribution in [0.3, 0.4) is 0 Å². The summed E-state index contributed by atoms with van der Waals surface area (Å²) < 4.78 is 5.67. The van der Waals surface area contributed by atoms with E-state index < -0.39 is 6.10 Å². The van der Waals surface area contributed by atoms with Gasteiger partial charge >= 0.3 is 0 Å². The summed E-state index contributed by atoms with van der Waals surface area (Å²) in [7, 11) is 0. The highest BCUT2D eigenvalue weighted by atomic mass is 16.5. The van der Waals surface area contributed by atoms with Gasteiger partial charge in [0, 0.05) is 18.4 Å². The lowest BCUT2D eigenvalue weighted by atomic mass is 10.0. The first-order valence-corrected chi connectivity index (χ1v) is 9.77. The molecule has 140 valence electrons. The van der Waals surface area contributed by atoms with Gasteiger partial charge in [-0.25, -0.2) is 0 Å². The second-order valence-corrected chi connectivity index (χ2v) is 7.50. The number of aliphatic hydroxyl groups is 1. The predicted octanol–water partition coefficient (Wildman–Crippen LogP) is 0.546. The molecule has 0 amide bonds. The molecule has 1 saturated heterocycles. The van der Waals surface area contributed by atoms with Gasteiger partial charge in [-0.1, -0.05) is 48.0 Å². The number of likely N-dealkylation sites (tertiary alicyclic amines) is 1. The summed E-state index contributed by atoms with van der Waals surface area (Å²) in [5.41, 5.74) is 2.64. The molecule has 4 N–H and O–H groups in total. The van der Waals surface area contributed by atoms with Crippen LogP contribution in [0.15, 0.2) is 54.6 Å². The smallest absolute Gasteiger partial charge is 0.137 e. The number of aliphatic hydroxyl groups excluding tert-OH is 1. The van der Waals surface area contributed by atoms with Gasteiger partial charge in [-0.05, 0) is 19.1 Å². The Kier molecular flexibility index (Phi) is 7.06. The lowest BCUT2D eigenvalue weighted by Gasteiger charge is -2.28. The fourth-order valence-electron chi connectivity index (χ4n) is 3.59. The second-order valence-electron chi connectivity index (χ2n) is 7.50. The first-order valence-electron chi connectivity index (χ1n) is 9.77. The van der Waals surface area contributed by atoms with Crippen molar-refractivity contribution < 1.29 is 20.1 Å². The molecular formula is C22H32N2O2+2. The normalized spacial score (nSPS) is 21.3. The fraction of sp³-hybridized carbons (Fsp3) is 0.455. The molecule has 26 heavy (non-hydrogen) atoms. The van der Waals surface area contributed by atoms with E-state index in [1.54, 1.807) is 4.90 Å². The molecule has 1 aliphatic rings. The van der Waals surface area contributed by atoms with Gasteiger partial charge in [-0.2, -0.15) is 0 Å². The van der Waals surface area contributed by atoms with Crippen LogP contribution >= 0.6 is 0 Å². The summed E-state index contributed by atoms with van der Waals surface area (Å²) in [6.45, 7) is 6.68. The van der Waals surface area contributed by atoms with Crippen LogP contribution in [0.25, 0.3) is 0 Å². The summed E-state index contributed by atoms with van der Waals surface area (Å²) >= 11 is 0. The maximum absolute atomic E-state index is 10.2. The summed E-state index contributed by atoms with van der Waals surface area (Å²) in [5.74, 6) is 0.826. The van der Waals surface area contributed by atoms with Crippen molar-refractivity contribution in [3.05, 3.63) is 65.7 Å². The van der Waals surface area contributed by atoms with E-state index in [9.17, 15) is 5.11 Å². The third kappa shape index (κ3) is 6.13. The van der Waals surface area contributed by atoms with Crippen molar-refractivity contribution in [1.29, 1.82) is 0 Å². The van der Waals surface area contributed by atoms with Gasteiger partial charge in [0.1, 0.15) is 31.5 Å². The average Bonchev–Trinajstić information content (AvgIpc) is 2.68. The third-order valence-electron chi connectivity index (χ3n) is 5.24. The fourth-order valence-corrected chi connectivity index (χ4v) is 3.59. The Balaban J connectivity index is 1.31. The van der Waals surface area contributed by atoms with Crippen LogP contribution in [0.2, 0.25) is 0 Å². The molecule has 1 fully saturated rings. The minimum Gasteiger partial charge on any atom is -0.491 e. The molecule has 3 rings (SSSR count). The van der Waals surface area contributed by atoms with Gasteiger partial charge < -0.3 is 20.1 Å². The van der Waals surface area contributed by atoms with Crippen molar-refractivity contribution >= 4 is 0 Å². The van der Waals surface area contributed by atoms with Crippen LogP contribution in [0.5, 0.6) is 5.75 Å². The van der Waals surface area contributed by atoms with Crippen molar-refractivity contribution in [3.63, 3.8) is 0 Å². The molecule has 0 spiro atoms. The molecular weight excluding hydrogens is 324 g/mol. The van der Waals surface area contributed by atoms with E-state index in [0.29, 0.717) is 19.2 Å². The van der Waals surface area contributed by atoms with Gasteiger partial charge in [-0.3, -0.25) is 0 Å². The van der Waals surface area contributed by atoms with Gasteiger partial charge in [0.05, 0.1) is 19.1 Å². The van der Waals surface area contributed by atoms with E-state index in [1.807, 2.05) is 24.3 Å². The number of ether oxygens (including phenoxy) is 1. The zero-order chi connectivity index (χ0) is 18.2. The Labute approximate surface area is 156 Å². The highest BCUT2D eigenvalue weighted by Gasteiger charge is 2.25. The quantitative estimate of drug-likeness (QED) is 0.647. The number of rotatable bonds is 8. The molecule has 1 atom stereocenters. The van der Waals surface area contributed by atoms with Crippen molar-refractivity contribution in [2.24, 2.45) is 0 Å². The Bertz CT molecular complexity index is 637. The van der Waals surface area contributed by atoms with Crippen LogP contribution in [-0.2, 0) is 6.54 Å². The summed E-state index contributed by atoms with van der Waals surface area (Å²) in [4.78, 5) is 1.67. The Morgan fingerprint density at radius 3 is 2.46 bits per heavy atom. The average molecular weight is 357 g/mol. The van der Waals surface area contributed by atoms with Gasteiger partial charge in [0.2, 0.25) is 0 Å². The van der Waals surface area contributed by atoms with Crippen molar-refractivity contribution in [1.82, 2.24) is 0 Å². The number of nitrogens with two attached hydrogens (primary N) is 1. The molecule has 1 aliphatic heterocycles. The second kappa shape index (κ2) is 9.72.